The normalized spacial score (nSPS) is 11.4. The van der Waals surface area contributed by atoms with Gasteiger partial charge in [0.25, 0.3) is 5.91 Å². The first kappa shape index (κ1) is 22.1. The van der Waals surface area contributed by atoms with Gasteiger partial charge in [-0.2, -0.15) is 0 Å². The summed E-state index contributed by atoms with van der Waals surface area (Å²) >= 11 is 0. The first-order valence-electron chi connectivity index (χ1n) is 9.41. The van der Waals surface area contributed by atoms with Crippen LogP contribution in [-0.2, 0) is 14.3 Å². The van der Waals surface area contributed by atoms with Crippen molar-refractivity contribution in [2.75, 3.05) is 11.9 Å². The van der Waals surface area contributed by atoms with Crippen molar-refractivity contribution in [2.24, 2.45) is 0 Å². The number of nitrogens with one attached hydrogen (secondary N) is 1. The second-order valence-electron chi connectivity index (χ2n) is 6.43. The number of ether oxygens (including phenoxy) is 2. The molecule has 0 aromatic heterocycles. The fourth-order valence-electron chi connectivity index (χ4n) is 2.44. The zero-order valence-electron chi connectivity index (χ0n) is 16.4. The van der Waals surface area contributed by atoms with Crippen LogP contribution in [0.4, 0.5) is 10.1 Å². The maximum absolute atomic E-state index is 13.1. The first-order chi connectivity index (χ1) is 13.9. The molecule has 0 aliphatic carbocycles. The van der Waals surface area contributed by atoms with Crippen molar-refractivity contribution in [3.63, 3.8) is 0 Å². The Bertz CT molecular complexity index is 851. The molecule has 0 fully saturated rings. The van der Waals surface area contributed by atoms with Gasteiger partial charge in [-0.15, -0.1) is 0 Å². The van der Waals surface area contributed by atoms with E-state index in [9.17, 15) is 18.8 Å². The van der Waals surface area contributed by atoms with E-state index >= 15 is 0 Å². The molecule has 0 radical (unpaired) electrons. The Morgan fingerprint density at radius 3 is 2.45 bits per heavy atom. The van der Waals surface area contributed by atoms with Crippen LogP contribution in [0.5, 0.6) is 5.75 Å². The van der Waals surface area contributed by atoms with Gasteiger partial charge in [-0.25, -0.2) is 4.39 Å². The molecule has 1 N–H and O–H groups in total. The average Bonchev–Trinajstić information content (AvgIpc) is 2.70. The summed E-state index contributed by atoms with van der Waals surface area (Å²) in [5, 5.41) is 2.46. The van der Waals surface area contributed by atoms with Gasteiger partial charge in [-0.3, -0.25) is 14.4 Å². The van der Waals surface area contributed by atoms with Gasteiger partial charge in [0.2, 0.25) is 0 Å². The van der Waals surface area contributed by atoms with Crippen LogP contribution in [-0.4, -0.2) is 30.4 Å². The molecule has 1 amide bonds. The van der Waals surface area contributed by atoms with Gasteiger partial charge in [-0.05, 0) is 55.8 Å². The van der Waals surface area contributed by atoms with E-state index in [1.54, 1.807) is 24.3 Å². The second kappa shape index (κ2) is 10.9. The highest BCUT2D eigenvalue weighted by molar-refractivity contribution is 5.98. The summed E-state index contributed by atoms with van der Waals surface area (Å²) < 4.78 is 23.7. The van der Waals surface area contributed by atoms with E-state index in [-0.39, 0.29) is 24.3 Å². The molecular weight excluding hydrogens is 377 g/mol. The third-order valence-corrected chi connectivity index (χ3v) is 3.97. The number of Topliss-reactive ketones (excluding diaryl/α,β-unsaturated/α-hetero) is 1. The predicted molar refractivity (Wildman–Crippen MR) is 106 cm³/mol. The number of esters is 1. The largest absolute Gasteiger partial charge is 0.494 e. The molecule has 2 rings (SSSR count). The first-order valence-corrected chi connectivity index (χ1v) is 9.41. The number of anilines is 1. The van der Waals surface area contributed by atoms with Gasteiger partial charge < -0.3 is 14.8 Å². The van der Waals surface area contributed by atoms with Crippen LogP contribution in [0.1, 0.15) is 43.5 Å². The van der Waals surface area contributed by atoms with Crippen molar-refractivity contribution in [1.82, 2.24) is 0 Å². The van der Waals surface area contributed by atoms with E-state index in [4.69, 9.17) is 9.47 Å². The quantitative estimate of drug-likeness (QED) is 0.478. The fourth-order valence-corrected chi connectivity index (χ4v) is 2.44. The molecule has 0 aliphatic heterocycles. The maximum atomic E-state index is 13.1. The van der Waals surface area contributed by atoms with Crippen LogP contribution in [0.3, 0.4) is 0 Å². The van der Waals surface area contributed by atoms with Crippen LogP contribution in [0.15, 0.2) is 48.5 Å². The lowest BCUT2D eigenvalue weighted by molar-refractivity contribution is -0.153. The summed E-state index contributed by atoms with van der Waals surface area (Å²) in [6.07, 6.45) is -0.367. The summed E-state index contributed by atoms with van der Waals surface area (Å²) in [5.41, 5.74) is 0.734. The molecule has 1 atom stereocenters. The van der Waals surface area contributed by atoms with Crippen molar-refractivity contribution in [2.45, 2.75) is 39.2 Å². The maximum Gasteiger partial charge on any atom is 0.307 e. The molecule has 0 bridgehead atoms. The van der Waals surface area contributed by atoms with Gasteiger partial charge in [0.15, 0.2) is 11.9 Å². The molecule has 0 aliphatic rings. The van der Waals surface area contributed by atoms with Crippen molar-refractivity contribution in [3.8, 4) is 5.75 Å². The molecule has 7 heteroatoms. The van der Waals surface area contributed by atoms with E-state index in [1.165, 1.54) is 25.1 Å². The minimum Gasteiger partial charge on any atom is -0.494 e. The van der Waals surface area contributed by atoms with Gasteiger partial charge in [0.1, 0.15) is 11.6 Å². The Labute approximate surface area is 169 Å². The van der Waals surface area contributed by atoms with Gasteiger partial charge in [0, 0.05) is 17.7 Å². The smallest absolute Gasteiger partial charge is 0.307 e. The number of ketones is 1. The molecule has 2 aromatic rings. The molecule has 0 saturated carbocycles. The Morgan fingerprint density at radius 2 is 1.79 bits per heavy atom. The Morgan fingerprint density at radius 1 is 1.07 bits per heavy atom. The number of halogens is 1. The molecule has 29 heavy (non-hydrogen) atoms. The van der Waals surface area contributed by atoms with Crippen LogP contribution in [0, 0.1) is 5.82 Å². The standard InChI is InChI=1S/C22H24FNO5/c1-3-13-28-19-9-7-16(8-10-19)20(25)11-12-21(26)29-15(2)22(27)24-18-6-4-5-17(23)14-18/h4-10,14-15H,3,11-13H2,1-2H3,(H,24,27)/t15-/m0/s1. The Balaban J connectivity index is 1.77. The van der Waals surface area contributed by atoms with Gasteiger partial charge in [0.05, 0.1) is 13.0 Å². The highest BCUT2D eigenvalue weighted by atomic mass is 19.1. The lowest BCUT2D eigenvalue weighted by Gasteiger charge is -2.13. The molecule has 0 saturated heterocycles. The lowest BCUT2D eigenvalue weighted by atomic mass is 10.1. The summed E-state index contributed by atoms with van der Waals surface area (Å²) in [7, 11) is 0. The lowest BCUT2D eigenvalue weighted by Crippen LogP contribution is -2.30. The fraction of sp³-hybridized carbons (Fsp3) is 0.318. The average molecular weight is 401 g/mol. The molecule has 154 valence electrons. The molecule has 0 spiro atoms. The van der Waals surface area contributed by atoms with Gasteiger partial charge >= 0.3 is 5.97 Å². The topological polar surface area (TPSA) is 81.7 Å². The zero-order chi connectivity index (χ0) is 21.2. The highest BCUT2D eigenvalue weighted by Gasteiger charge is 2.19. The zero-order valence-corrected chi connectivity index (χ0v) is 16.4. The van der Waals surface area contributed by atoms with E-state index < -0.39 is 23.8 Å². The molecule has 0 unspecified atom stereocenters. The number of hydrogen-bond acceptors (Lipinski definition) is 5. The van der Waals surface area contributed by atoms with E-state index in [2.05, 4.69) is 5.32 Å². The van der Waals surface area contributed by atoms with E-state index in [1.807, 2.05) is 6.92 Å². The summed E-state index contributed by atoms with van der Waals surface area (Å²) in [6, 6.07) is 12.1. The number of benzene rings is 2. The third kappa shape index (κ3) is 7.37. The molecule has 0 heterocycles. The molecular formula is C22H24FNO5. The minimum absolute atomic E-state index is 0.0355. The molecule has 2 aromatic carbocycles. The number of carbonyl (C=O) groups excluding carboxylic acids is 3. The van der Waals surface area contributed by atoms with Crippen molar-refractivity contribution in [3.05, 3.63) is 59.9 Å². The number of amides is 1. The van der Waals surface area contributed by atoms with Crippen LogP contribution in [0.25, 0.3) is 0 Å². The third-order valence-electron chi connectivity index (χ3n) is 3.97. The highest BCUT2D eigenvalue weighted by Crippen LogP contribution is 2.15. The number of carbonyl (C=O) groups is 3. The summed E-state index contributed by atoms with van der Waals surface area (Å²) in [6.45, 7) is 4.01. The van der Waals surface area contributed by atoms with Crippen molar-refractivity contribution < 1.29 is 28.2 Å². The van der Waals surface area contributed by atoms with E-state index in [0.717, 1.165) is 12.5 Å². The summed E-state index contributed by atoms with van der Waals surface area (Å²) in [5.74, 6) is -1.26. The Hall–Kier alpha value is -3.22. The number of hydrogen-bond donors (Lipinski definition) is 1. The van der Waals surface area contributed by atoms with Crippen molar-refractivity contribution >= 4 is 23.3 Å². The number of rotatable bonds is 10. The molecule has 6 nitrogen and oxygen atoms in total. The van der Waals surface area contributed by atoms with Crippen LogP contribution >= 0.6 is 0 Å². The SMILES string of the molecule is CCCOc1ccc(C(=O)CCC(=O)O[C@@H](C)C(=O)Nc2cccc(F)c2)cc1. The monoisotopic (exact) mass is 401 g/mol. The summed E-state index contributed by atoms with van der Waals surface area (Å²) in [4.78, 5) is 36.2. The van der Waals surface area contributed by atoms with E-state index in [0.29, 0.717) is 17.9 Å². The van der Waals surface area contributed by atoms with Gasteiger partial charge in [-0.1, -0.05) is 13.0 Å². The van der Waals surface area contributed by atoms with Crippen LogP contribution < -0.4 is 10.1 Å². The minimum atomic E-state index is -1.07. The predicted octanol–water partition coefficient (Wildman–Crippen LogP) is 4.15. The van der Waals surface area contributed by atoms with Crippen molar-refractivity contribution in [1.29, 1.82) is 0 Å². The second-order valence-corrected chi connectivity index (χ2v) is 6.43. The van der Waals surface area contributed by atoms with Crippen LogP contribution in [0.2, 0.25) is 0 Å². The Kier molecular flexibility index (Phi) is 8.33.